The van der Waals surface area contributed by atoms with Gasteiger partial charge in [0.25, 0.3) is 0 Å². The number of nitrogens with one attached hydrogen (secondary N) is 1. The van der Waals surface area contributed by atoms with Gasteiger partial charge in [0.15, 0.2) is 6.19 Å². The molecule has 1 amide bonds. The van der Waals surface area contributed by atoms with Crippen molar-refractivity contribution < 1.29 is 4.79 Å². The van der Waals surface area contributed by atoms with Crippen LogP contribution in [0, 0.1) is 11.5 Å². The molecule has 0 bridgehead atoms. The van der Waals surface area contributed by atoms with Crippen molar-refractivity contribution in [3.05, 3.63) is 35.9 Å². The molecule has 0 saturated heterocycles. The van der Waals surface area contributed by atoms with Gasteiger partial charge in [-0.1, -0.05) is 36.8 Å². The SMILES string of the molecule is N#CNC(=O)C1(c2ccccc2)CCC1. The number of benzene rings is 1. The minimum absolute atomic E-state index is 0.164. The molecule has 1 aromatic rings. The highest BCUT2D eigenvalue weighted by atomic mass is 16.2. The first-order valence-electron chi connectivity index (χ1n) is 5.05. The summed E-state index contributed by atoms with van der Waals surface area (Å²) in [5.74, 6) is -0.164. The van der Waals surface area contributed by atoms with Crippen LogP contribution < -0.4 is 5.32 Å². The minimum Gasteiger partial charge on any atom is -0.273 e. The molecule has 1 fully saturated rings. The Hall–Kier alpha value is -1.82. The number of rotatable bonds is 2. The van der Waals surface area contributed by atoms with Crippen LogP contribution in [-0.4, -0.2) is 5.91 Å². The van der Waals surface area contributed by atoms with Crippen LogP contribution in [-0.2, 0) is 10.2 Å². The maximum atomic E-state index is 11.8. The number of amides is 1. The minimum atomic E-state index is -0.447. The van der Waals surface area contributed by atoms with Gasteiger partial charge in [-0.25, -0.2) is 0 Å². The van der Waals surface area contributed by atoms with E-state index in [4.69, 9.17) is 5.26 Å². The molecule has 0 aliphatic heterocycles. The summed E-state index contributed by atoms with van der Waals surface area (Å²) in [5, 5.41) is 10.7. The van der Waals surface area contributed by atoms with Crippen molar-refractivity contribution in [3.8, 4) is 6.19 Å². The van der Waals surface area contributed by atoms with Crippen LogP contribution in [0.5, 0.6) is 0 Å². The lowest BCUT2D eigenvalue weighted by Gasteiger charge is -2.39. The van der Waals surface area contributed by atoms with Crippen LogP contribution in [0.25, 0.3) is 0 Å². The summed E-state index contributed by atoms with van der Waals surface area (Å²) in [4.78, 5) is 11.8. The first-order valence-corrected chi connectivity index (χ1v) is 5.05. The summed E-state index contributed by atoms with van der Waals surface area (Å²) in [5.41, 5.74) is 0.570. The number of carbonyl (C=O) groups excluding carboxylic acids is 1. The number of hydrogen-bond donors (Lipinski definition) is 1. The molecule has 1 N–H and O–H groups in total. The van der Waals surface area contributed by atoms with Crippen molar-refractivity contribution in [2.75, 3.05) is 0 Å². The molecule has 1 saturated carbocycles. The average molecular weight is 200 g/mol. The van der Waals surface area contributed by atoms with E-state index in [0.29, 0.717) is 0 Å². The predicted molar refractivity (Wildman–Crippen MR) is 55.7 cm³/mol. The molecule has 1 aromatic carbocycles. The third-order valence-electron chi connectivity index (χ3n) is 3.14. The van der Waals surface area contributed by atoms with Crippen molar-refractivity contribution >= 4 is 5.91 Å². The monoisotopic (exact) mass is 200 g/mol. The highest BCUT2D eigenvalue weighted by Gasteiger charge is 2.45. The molecule has 15 heavy (non-hydrogen) atoms. The van der Waals surface area contributed by atoms with E-state index in [1.54, 1.807) is 6.19 Å². The van der Waals surface area contributed by atoms with Crippen molar-refractivity contribution in [2.24, 2.45) is 0 Å². The quantitative estimate of drug-likeness (QED) is 0.583. The second kappa shape index (κ2) is 3.74. The van der Waals surface area contributed by atoms with E-state index in [0.717, 1.165) is 24.8 Å². The number of nitrogens with zero attached hydrogens (tertiary/aromatic N) is 1. The molecule has 3 nitrogen and oxygen atoms in total. The van der Waals surface area contributed by atoms with E-state index in [1.165, 1.54) is 0 Å². The molecule has 1 aliphatic rings. The van der Waals surface area contributed by atoms with Crippen LogP contribution in [0.15, 0.2) is 30.3 Å². The van der Waals surface area contributed by atoms with E-state index in [1.807, 2.05) is 30.3 Å². The van der Waals surface area contributed by atoms with Crippen LogP contribution in [0.2, 0.25) is 0 Å². The van der Waals surface area contributed by atoms with Gasteiger partial charge in [-0.15, -0.1) is 0 Å². The summed E-state index contributed by atoms with van der Waals surface area (Å²) in [6.07, 6.45) is 4.44. The van der Waals surface area contributed by atoms with Crippen molar-refractivity contribution in [3.63, 3.8) is 0 Å². The first-order chi connectivity index (χ1) is 7.29. The zero-order chi connectivity index (χ0) is 10.7. The van der Waals surface area contributed by atoms with E-state index in [2.05, 4.69) is 5.32 Å². The maximum Gasteiger partial charge on any atom is 0.243 e. The van der Waals surface area contributed by atoms with Gasteiger partial charge in [-0.2, -0.15) is 5.26 Å². The summed E-state index contributed by atoms with van der Waals surface area (Å²) in [7, 11) is 0. The lowest BCUT2D eigenvalue weighted by atomic mass is 9.64. The van der Waals surface area contributed by atoms with Crippen LogP contribution in [0.4, 0.5) is 0 Å². The van der Waals surface area contributed by atoms with E-state index in [-0.39, 0.29) is 5.91 Å². The standard InChI is InChI=1S/C12H12N2O/c13-9-14-11(15)12(7-4-8-12)10-5-2-1-3-6-10/h1-3,5-6H,4,7-8H2,(H,14,15). The van der Waals surface area contributed by atoms with Crippen molar-refractivity contribution in [2.45, 2.75) is 24.7 Å². The Kier molecular flexibility index (Phi) is 2.42. The summed E-state index contributed by atoms with van der Waals surface area (Å²) < 4.78 is 0. The summed E-state index contributed by atoms with van der Waals surface area (Å²) in [6, 6.07) is 9.69. The molecule has 0 aromatic heterocycles. The molecule has 2 rings (SSSR count). The van der Waals surface area contributed by atoms with Gasteiger partial charge in [0.1, 0.15) is 0 Å². The Morgan fingerprint density at radius 1 is 1.33 bits per heavy atom. The lowest BCUT2D eigenvalue weighted by molar-refractivity contribution is -0.128. The zero-order valence-corrected chi connectivity index (χ0v) is 8.36. The Labute approximate surface area is 88.7 Å². The Bertz CT molecular complexity index is 401. The summed E-state index contributed by atoms with van der Waals surface area (Å²) in [6.45, 7) is 0. The Balaban J connectivity index is 2.31. The molecule has 1 aliphatic carbocycles. The molecule has 0 radical (unpaired) electrons. The third kappa shape index (κ3) is 1.48. The molecule has 0 spiro atoms. The molecule has 0 heterocycles. The second-order valence-electron chi connectivity index (χ2n) is 3.87. The molecular formula is C12H12N2O. The second-order valence-corrected chi connectivity index (χ2v) is 3.87. The highest BCUT2D eigenvalue weighted by molar-refractivity contribution is 5.90. The van der Waals surface area contributed by atoms with Crippen molar-refractivity contribution in [1.82, 2.24) is 5.32 Å². The molecule has 0 atom stereocenters. The van der Waals surface area contributed by atoms with Crippen LogP contribution in [0.1, 0.15) is 24.8 Å². The fourth-order valence-corrected chi connectivity index (χ4v) is 2.10. The normalized spacial score (nSPS) is 17.3. The fraction of sp³-hybridized carbons (Fsp3) is 0.333. The molecule has 76 valence electrons. The third-order valence-corrected chi connectivity index (χ3v) is 3.14. The fourth-order valence-electron chi connectivity index (χ4n) is 2.10. The van der Waals surface area contributed by atoms with Gasteiger partial charge in [0, 0.05) is 0 Å². The van der Waals surface area contributed by atoms with Crippen LogP contribution >= 0.6 is 0 Å². The lowest BCUT2D eigenvalue weighted by Crippen LogP contribution is -2.47. The van der Waals surface area contributed by atoms with E-state index in [9.17, 15) is 4.79 Å². The topological polar surface area (TPSA) is 52.9 Å². The molecule has 3 heteroatoms. The largest absolute Gasteiger partial charge is 0.273 e. The van der Waals surface area contributed by atoms with Crippen LogP contribution in [0.3, 0.4) is 0 Å². The molecular weight excluding hydrogens is 188 g/mol. The number of nitriles is 1. The summed E-state index contributed by atoms with van der Waals surface area (Å²) >= 11 is 0. The van der Waals surface area contributed by atoms with Gasteiger partial charge < -0.3 is 0 Å². The van der Waals surface area contributed by atoms with Gasteiger partial charge in [-0.05, 0) is 18.4 Å². The smallest absolute Gasteiger partial charge is 0.243 e. The van der Waals surface area contributed by atoms with E-state index >= 15 is 0 Å². The van der Waals surface area contributed by atoms with Crippen molar-refractivity contribution in [1.29, 1.82) is 5.26 Å². The van der Waals surface area contributed by atoms with Gasteiger partial charge in [0.05, 0.1) is 5.41 Å². The zero-order valence-electron chi connectivity index (χ0n) is 8.36. The van der Waals surface area contributed by atoms with E-state index < -0.39 is 5.41 Å². The van der Waals surface area contributed by atoms with Gasteiger partial charge in [0.2, 0.25) is 5.91 Å². The average Bonchev–Trinajstić information content (AvgIpc) is 2.18. The van der Waals surface area contributed by atoms with Gasteiger partial charge in [-0.3, -0.25) is 10.1 Å². The Morgan fingerprint density at radius 3 is 2.47 bits per heavy atom. The predicted octanol–water partition coefficient (Wildman–Crippen LogP) is 1.71. The first kappa shape index (κ1) is 9.72. The highest BCUT2D eigenvalue weighted by Crippen LogP contribution is 2.43. The number of hydrogen-bond acceptors (Lipinski definition) is 2. The number of carbonyl (C=O) groups is 1. The Morgan fingerprint density at radius 2 is 2.00 bits per heavy atom. The van der Waals surface area contributed by atoms with Gasteiger partial charge >= 0.3 is 0 Å². The maximum absolute atomic E-state index is 11.8. The molecule has 0 unspecified atom stereocenters.